The molecule has 0 aromatic rings. The second kappa shape index (κ2) is 28.7. The van der Waals surface area contributed by atoms with Crippen molar-refractivity contribution in [3.63, 3.8) is 0 Å². The third-order valence-corrected chi connectivity index (χ3v) is 4.81. The summed E-state index contributed by atoms with van der Waals surface area (Å²) in [5, 5.41) is 0. The number of rotatable bonds is 0. The zero-order valence-corrected chi connectivity index (χ0v) is 34.9. The molecule has 0 atom stereocenters. The number of hydrogen-bond acceptors (Lipinski definition) is 0. The van der Waals surface area contributed by atoms with Gasteiger partial charge < -0.3 is 0 Å². The van der Waals surface area contributed by atoms with E-state index in [0.29, 0.717) is 0 Å². The standard InChI is InChI=1S/2C8H11.2C5H5.2C2H6Si.2ClH.2Hf/c2*1-6-4-5-7(2)8(6)3;2*1-2-4-5-3-1;2*1-3-2;;;;/h2*4H2,1-3H3;2*1-3H,4H2;2*1-2H3;2*1H;;/q4*-1;;;;;2*+2. The van der Waals surface area contributed by atoms with Crippen LogP contribution >= 0.6 is 24.8 Å². The molecule has 0 aromatic heterocycles. The Bertz CT molecular complexity index is 787. The van der Waals surface area contributed by atoms with Crippen LogP contribution in [0.5, 0.6) is 0 Å². The molecule has 0 bridgehead atoms. The third-order valence-electron chi connectivity index (χ3n) is 4.81. The van der Waals surface area contributed by atoms with Gasteiger partial charge in [-0.2, -0.15) is 34.4 Å². The van der Waals surface area contributed by atoms with Gasteiger partial charge in [-0.3, -0.25) is 24.3 Å². The quantitative estimate of drug-likeness (QED) is 0.168. The number of halogens is 2. The van der Waals surface area contributed by atoms with E-state index in [4.69, 9.17) is 0 Å². The average molecular weight is 891 g/mol. The van der Waals surface area contributed by atoms with E-state index in [1.165, 1.54) is 79.4 Å². The van der Waals surface area contributed by atoms with E-state index in [1.54, 1.807) is 0 Å². The van der Waals surface area contributed by atoms with Crippen LogP contribution in [0.15, 0.2) is 69.9 Å². The first kappa shape index (κ1) is 43.7. The number of hydrogen-bond donors (Lipinski definition) is 0. The molecule has 36 heavy (non-hydrogen) atoms. The van der Waals surface area contributed by atoms with Gasteiger partial charge in [-0.05, 0) is 0 Å². The summed E-state index contributed by atoms with van der Waals surface area (Å²) in [7, 11) is 0. The van der Waals surface area contributed by atoms with Crippen molar-refractivity contribution in [2.45, 2.75) is 93.4 Å². The van der Waals surface area contributed by atoms with Crippen molar-refractivity contribution in [2.75, 3.05) is 0 Å². The minimum absolute atomic E-state index is 0. The molecular formula is C30H46Cl2Hf2Si2. The van der Waals surface area contributed by atoms with Crippen LogP contribution < -0.4 is 0 Å². The van der Waals surface area contributed by atoms with Gasteiger partial charge in [-0.1, -0.05) is 27.7 Å². The summed E-state index contributed by atoms with van der Waals surface area (Å²) in [6, 6.07) is 0. The summed E-state index contributed by atoms with van der Waals surface area (Å²) >= 11 is 2.90. The van der Waals surface area contributed by atoms with Crippen LogP contribution in [0.25, 0.3) is 0 Å². The van der Waals surface area contributed by atoms with Crippen LogP contribution in [0.2, 0.25) is 26.2 Å². The van der Waals surface area contributed by atoms with Gasteiger partial charge in [0.2, 0.25) is 0 Å². The molecule has 0 aromatic carbocycles. The molecule has 0 amide bonds. The van der Waals surface area contributed by atoms with Gasteiger partial charge >= 0.3 is 83.2 Å². The molecule has 0 fully saturated rings. The number of allylic oxidation sites excluding steroid dienone is 16. The third kappa shape index (κ3) is 29.2. The molecule has 4 rings (SSSR count). The van der Waals surface area contributed by atoms with Crippen molar-refractivity contribution in [1.82, 2.24) is 0 Å². The van der Waals surface area contributed by atoms with Crippen LogP contribution in [0.3, 0.4) is 0 Å². The zero-order valence-electron chi connectivity index (χ0n) is 24.1. The van der Waals surface area contributed by atoms with Crippen molar-refractivity contribution in [1.29, 1.82) is 0 Å². The molecule has 0 unspecified atom stereocenters. The topological polar surface area (TPSA) is 0 Å². The van der Waals surface area contributed by atoms with Crippen molar-refractivity contribution in [3.05, 3.63) is 94.2 Å². The SMILES string of the molecule is CC1=[C-]CC(C)=C1C.CC1=[C-]CC(C)=C1C.C[Si](C)=[Hf+2].C[Si](C)=[Hf+2].Cl.Cl.[C-]1=CC=CC1.[C-]1=CC=CC1. The molecular weight excluding hydrogens is 844 g/mol. The van der Waals surface area contributed by atoms with Crippen LogP contribution in [-0.2, 0) is 46.0 Å². The van der Waals surface area contributed by atoms with E-state index in [-0.39, 0.29) is 35.8 Å². The van der Waals surface area contributed by atoms with Crippen LogP contribution in [0, 0.1) is 24.3 Å². The van der Waals surface area contributed by atoms with E-state index in [0.717, 1.165) is 25.7 Å². The Morgan fingerprint density at radius 2 is 0.889 bits per heavy atom. The minimum atomic E-state index is 0. The fourth-order valence-corrected chi connectivity index (χ4v) is 2.38. The Morgan fingerprint density at radius 1 is 0.611 bits per heavy atom. The van der Waals surface area contributed by atoms with E-state index < -0.39 is 0 Å². The molecule has 0 radical (unpaired) electrons. The fraction of sp³-hybridized carbons (Fsp3) is 0.467. The van der Waals surface area contributed by atoms with Gasteiger partial charge in [0.25, 0.3) is 0 Å². The zero-order chi connectivity index (χ0) is 26.5. The second-order valence-electron chi connectivity index (χ2n) is 8.77. The largest absolute Gasteiger partial charge is 0.273 e. The van der Waals surface area contributed by atoms with E-state index in [2.05, 4.69) is 104 Å². The predicted molar refractivity (Wildman–Crippen MR) is 163 cm³/mol. The van der Waals surface area contributed by atoms with Gasteiger partial charge in [0.15, 0.2) is 0 Å². The van der Waals surface area contributed by atoms with Gasteiger partial charge in [0, 0.05) is 0 Å². The van der Waals surface area contributed by atoms with Gasteiger partial charge in [0.1, 0.15) is 0 Å². The summed E-state index contributed by atoms with van der Waals surface area (Å²) in [6.45, 7) is 22.2. The monoisotopic (exact) mass is 892 g/mol. The molecule has 0 saturated heterocycles. The van der Waals surface area contributed by atoms with E-state index in [9.17, 15) is 0 Å². The fourth-order valence-electron chi connectivity index (χ4n) is 2.38. The maximum atomic E-state index is 3.26. The molecule has 4 aliphatic rings. The first-order chi connectivity index (χ1) is 15.9. The molecule has 0 N–H and O–H groups in total. The molecule has 4 aliphatic carbocycles. The first-order valence-electron chi connectivity index (χ1n) is 11.8. The Hall–Kier alpha value is 0.674. The van der Waals surface area contributed by atoms with Crippen molar-refractivity contribution in [2.24, 2.45) is 0 Å². The molecule has 0 nitrogen and oxygen atoms in total. The van der Waals surface area contributed by atoms with Crippen LogP contribution in [0.4, 0.5) is 0 Å². The van der Waals surface area contributed by atoms with Crippen molar-refractivity contribution < 1.29 is 46.0 Å². The molecule has 0 spiro atoms. The molecule has 0 heterocycles. The van der Waals surface area contributed by atoms with E-state index in [1.807, 2.05) is 24.3 Å². The maximum absolute atomic E-state index is 3.26. The average Bonchev–Trinajstić information content (AvgIpc) is 3.57. The van der Waals surface area contributed by atoms with Gasteiger partial charge in [-0.15, -0.1) is 64.3 Å². The van der Waals surface area contributed by atoms with E-state index >= 15 is 0 Å². The molecule has 196 valence electrons. The molecule has 6 heteroatoms. The Labute approximate surface area is 266 Å². The van der Waals surface area contributed by atoms with Crippen LogP contribution in [0.1, 0.15) is 67.2 Å². The van der Waals surface area contributed by atoms with Crippen LogP contribution in [-0.4, -0.2) is 11.0 Å². The second-order valence-corrected chi connectivity index (χ2v) is 34.3. The van der Waals surface area contributed by atoms with Gasteiger partial charge in [-0.25, -0.2) is 35.5 Å². The predicted octanol–water partition coefficient (Wildman–Crippen LogP) is 9.98. The first-order valence-corrected chi connectivity index (χ1v) is 27.6. The van der Waals surface area contributed by atoms with Crippen molar-refractivity contribution in [3.8, 4) is 0 Å². The summed E-state index contributed by atoms with van der Waals surface area (Å²) in [4.78, 5) is 0. The van der Waals surface area contributed by atoms with Gasteiger partial charge in [0.05, 0.1) is 0 Å². The summed E-state index contributed by atoms with van der Waals surface area (Å²) in [5.74, 6) is 0. The summed E-state index contributed by atoms with van der Waals surface area (Å²) < 4.78 is 0. The Balaban J connectivity index is -0.000000173. The molecule has 0 saturated carbocycles. The Kier molecular flexibility index (Phi) is 34.8. The maximum Gasteiger partial charge on any atom is -0.109 e. The minimum Gasteiger partial charge on any atom is -0.273 e. The smallest absolute Gasteiger partial charge is 0.109 e. The Morgan fingerprint density at radius 3 is 0.944 bits per heavy atom. The molecule has 0 aliphatic heterocycles. The summed E-state index contributed by atoms with van der Waals surface area (Å²) in [5.41, 5.74) is 9.01. The summed E-state index contributed by atoms with van der Waals surface area (Å²) in [6.07, 6.45) is 28.6. The van der Waals surface area contributed by atoms with Crippen molar-refractivity contribution >= 4 is 35.8 Å². The normalized spacial score (nSPS) is 15.2.